The number of fused-ring (bicyclic) bond motifs is 1. The number of nitrogens with zero attached hydrogens (tertiary/aromatic N) is 1. The molecule has 1 heterocycles. The number of hydrogen-bond acceptors (Lipinski definition) is 7. The molecule has 0 aromatic rings. The quantitative estimate of drug-likeness (QED) is 0.335. The first-order valence-corrected chi connectivity index (χ1v) is 14.5. The topological polar surface area (TPSA) is 131 Å². The van der Waals surface area contributed by atoms with Crippen LogP contribution < -0.4 is 10.6 Å². The van der Waals surface area contributed by atoms with Gasteiger partial charge in [0.15, 0.2) is 0 Å². The van der Waals surface area contributed by atoms with Crippen LogP contribution in [-0.2, 0) is 28.7 Å². The molecule has 0 spiro atoms. The predicted octanol–water partition coefficient (Wildman–Crippen LogP) is 2.97. The molecule has 10 nitrogen and oxygen atoms in total. The van der Waals surface area contributed by atoms with Crippen molar-refractivity contribution in [2.24, 2.45) is 29.1 Å². The van der Waals surface area contributed by atoms with Gasteiger partial charge in [-0.25, -0.2) is 9.59 Å². The van der Waals surface area contributed by atoms with Crippen molar-refractivity contribution >= 4 is 29.7 Å². The Kier molecular flexibility index (Phi) is 8.34. The molecule has 10 heteroatoms. The van der Waals surface area contributed by atoms with E-state index in [4.69, 9.17) is 4.74 Å². The minimum absolute atomic E-state index is 0.0454. The van der Waals surface area contributed by atoms with Crippen LogP contribution in [0.4, 0.5) is 4.79 Å². The largest absolute Gasteiger partial charge is 0.463 e. The van der Waals surface area contributed by atoms with E-state index in [1.807, 2.05) is 0 Å². The summed E-state index contributed by atoms with van der Waals surface area (Å²) in [6.07, 6.45) is 6.30. The van der Waals surface area contributed by atoms with Gasteiger partial charge in [0.05, 0.1) is 13.2 Å². The highest BCUT2D eigenvalue weighted by atomic mass is 16.6. The molecule has 5 atom stereocenters. The number of ether oxygens (including phenoxy) is 2. The number of Topliss-reactive ketones (excluding diaryl/α,β-unsaturated/α-hetero) is 1. The number of esters is 1. The van der Waals surface area contributed by atoms with E-state index in [9.17, 15) is 24.0 Å². The van der Waals surface area contributed by atoms with E-state index in [0.717, 1.165) is 52.1 Å². The van der Waals surface area contributed by atoms with Crippen LogP contribution >= 0.6 is 0 Å². The van der Waals surface area contributed by atoms with Crippen molar-refractivity contribution in [3.8, 4) is 0 Å². The molecular formula is C29H45N3O7. The normalized spacial score (nSPS) is 27.5. The first kappa shape index (κ1) is 29.3. The molecule has 2 unspecified atom stereocenters. The lowest BCUT2D eigenvalue weighted by atomic mass is 9.83. The fourth-order valence-corrected chi connectivity index (χ4v) is 6.69. The number of ketones is 1. The zero-order valence-electron chi connectivity index (χ0n) is 24.2. The molecule has 4 aliphatic rings. The molecular weight excluding hydrogens is 502 g/mol. The van der Waals surface area contributed by atoms with E-state index < -0.39 is 47.5 Å². The van der Waals surface area contributed by atoms with Crippen LogP contribution in [0.15, 0.2) is 0 Å². The summed E-state index contributed by atoms with van der Waals surface area (Å²) < 4.78 is 10.1. The fourth-order valence-electron chi connectivity index (χ4n) is 6.69. The zero-order valence-corrected chi connectivity index (χ0v) is 24.2. The minimum atomic E-state index is -0.983. The maximum absolute atomic E-state index is 14.1. The van der Waals surface area contributed by atoms with Crippen LogP contribution in [0.3, 0.4) is 0 Å². The highest BCUT2D eigenvalue weighted by Gasteiger charge is 2.69. The monoisotopic (exact) mass is 547 g/mol. The van der Waals surface area contributed by atoms with E-state index in [0.29, 0.717) is 13.0 Å². The molecule has 1 saturated heterocycles. The highest BCUT2D eigenvalue weighted by molar-refractivity contribution is 6.36. The van der Waals surface area contributed by atoms with Crippen LogP contribution in [0.25, 0.3) is 0 Å². The molecule has 0 aromatic carbocycles. The van der Waals surface area contributed by atoms with Gasteiger partial charge in [-0.15, -0.1) is 0 Å². The van der Waals surface area contributed by atoms with Gasteiger partial charge in [0.1, 0.15) is 17.7 Å². The number of piperidine rings is 1. The Morgan fingerprint density at radius 2 is 1.62 bits per heavy atom. The number of carbonyl (C=O) groups is 5. The van der Waals surface area contributed by atoms with Gasteiger partial charge < -0.3 is 25.0 Å². The number of rotatable bonds is 9. The summed E-state index contributed by atoms with van der Waals surface area (Å²) in [5.41, 5.74) is -0.842. The molecule has 3 aliphatic carbocycles. The van der Waals surface area contributed by atoms with Gasteiger partial charge in [-0.3, -0.25) is 14.4 Å². The Hall–Kier alpha value is -2.65. The molecule has 0 bridgehead atoms. The molecule has 218 valence electrons. The molecule has 0 aromatic heterocycles. The summed E-state index contributed by atoms with van der Waals surface area (Å²) in [7, 11) is 1.15. The number of alkyl carbamates (subject to hydrolysis) is 1. The number of nitrogens with one attached hydrogen (secondary N) is 2. The summed E-state index contributed by atoms with van der Waals surface area (Å²) in [5, 5.41) is 5.67. The van der Waals surface area contributed by atoms with Crippen LogP contribution in [0.5, 0.6) is 0 Å². The average molecular weight is 548 g/mol. The van der Waals surface area contributed by atoms with E-state index in [1.165, 1.54) is 0 Å². The van der Waals surface area contributed by atoms with Gasteiger partial charge in [0, 0.05) is 6.54 Å². The number of hydrogen-bond donors (Lipinski definition) is 2. The lowest BCUT2D eigenvalue weighted by Gasteiger charge is -2.37. The second-order valence-electron chi connectivity index (χ2n) is 13.5. The number of carbonyl (C=O) groups excluding carboxylic acids is 5. The first-order chi connectivity index (χ1) is 18.2. The van der Waals surface area contributed by atoms with Crippen molar-refractivity contribution in [1.29, 1.82) is 0 Å². The van der Waals surface area contributed by atoms with Crippen molar-refractivity contribution in [3.63, 3.8) is 0 Å². The summed E-state index contributed by atoms with van der Waals surface area (Å²) >= 11 is 0. The van der Waals surface area contributed by atoms with Crippen LogP contribution in [0.1, 0.15) is 86.0 Å². The van der Waals surface area contributed by atoms with Gasteiger partial charge >= 0.3 is 12.1 Å². The molecule has 2 N–H and O–H groups in total. The van der Waals surface area contributed by atoms with Crippen molar-refractivity contribution in [3.05, 3.63) is 0 Å². The van der Waals surface area contributed by atoms with Crippen molar-refractivity contribution in [2.45, 2.75) is 110 Å². The standard InChI is InChI=1S/C29H45N3O7/c1-28(2,3)39-27(37)31-21(17-10-8-7-9-11-17)25(35)32-15-18-20(29(18,4)5)22(32)24(34)30-19(14-16-12-13-16)23(33)26(36)38-6/h16-22H,7-15H2,1-6H3,(H,30,34)(H,31,37)/t18?,19?,20-,21-,22-/m0/s1. The SMILES string of the molecule is COC(=O)C(=O)C(CC1CC1)NC(=O)[C@@H]1[C@@H]2C(CN1C(=O)[C@@H](NC(=O)OC(C)(C)C)C1CCCCC1)C2(C)C. The predicted molar refractivity (Wildman–Crippen MR) is 142 cm³/mol. The average Bonchev–Trinajstić information content (AvgIpc) is 3.72. The third-order valence-corrected chi connectivity index (χ3v) is 9.11. The summed E-state index contributed by atoms with van der Waals surface area (Å²) in [5.74, 6) is -2.15. The lowest BCUT2D eigenvalue weighted by Crippen LogP contribution is -2.59. The summed E-state index contributed by atoms with van der Waals surface area (Å²) in [6.45, 7) is 9.90. The third-order valence-electron chi connectivity index (χ3n) is 9.11. The Morgan fingerprint density at radius 1 is 0.974 bits per heavy atom. The van der Waals surface area contributed by atoms with Crippen molar-refractivity contribution < 1.29 is 33.4 Å². The van der Waals surface area contributed by atoms with Crippen LogP contribution in [0.2, 0.25) is 0 Å². The van der Waals surface area contributed by atoms with Gasteiger partial charge in [-0.2, -0.15) is 0 Å². The van der Waals surface area contributed by atoms with E-state index in [1.54, 1.807) is 25.7 Å². The first-order valence-electron chi connectivity index (χ1n) is 14.5. The summed E-state index contributed by atoms with van der Waals surface area (Å²) in [4.78, 5) is 67.1. The van der Waals surface area contributed by atoms with Crippen molar-refractivity contribution in [2.75, 3.05) is 13.7 Å². The molecule has 3 saturated carbocycles. The third kappa shape index (κ3) is 6.57. The van der Waals surface area contributed by atoms with E-state index in [-0.39, 0.29) is 35.0 Å². The fraction of sp³-hybridized carbons (Fsp3) is 0.828. The van der Waals surface area contributed by atoms with Gasteiger partial charge in [0.25, 0.3) is 5.78 Å². The molecule has 0 radical (unpaired) electrons. The second kappa shape index (κ2) is 11.1. The highest BCUT2D eigenvalue weighted by Crippen LogP contribution is 2.65. The molecule has 39 heavy (non-hydrogen) atoms. The number of methoxy groups -OCH3 is 1. The molecule has 4 fully saturated rings. The Bertz CT molecular complexity index is 993. The zero-order chi connectivity index (χ0) is 28.7. The molecule has 4 rings (SSSR count). The Morgan fingerprint density at radius 3 is 2.18 bits per heavy atom. The Labute approximate surface area is 231 Å². The molecule has 3 amide bonds. The molecule has 1 aliphatic heterocycles. The van der Waals surface area contributed by atoms with Gasteiger partial charge in [-0.1, -0.05) is 46.0 Å². The lowest BCUT2D eigenvalue weighted by molar-refractivity contribution is -0.153. The van der Waals surface area contributed by atoms with Gasteiger partial charge in [-0.05, 0) is 69.1 Å². The van der Waals surface area contributed by atoms with Crippen molar-refractivity contribution in [1.82, 2.24) is 15.5 Å². The summed E-state index contributed by atoms with van der Waals surface area (Å²) in [6, 6.07) is -2.56. The Balaban J connectivity index is 1.55. The minimum Gasteiger partial charge on any atom is -0.463 e. The van der Waals surface area contributed by atoms with Gasteiger partial charge in [0.2, 0.25) is 11.8 Å². The van der Waals surface area contributed by atoms with E-state index >= 15 is 0 Å². The second-order valence-corrected chi connectivity index (χ2v) is 13.5. The maximum Gasteiger partial charge on any atom is 0.408 e. The smallest absolute Gasteiger partial charge is 0.408 e. The number of amides is 3. The van der Waals surface area contributed by atoms with Crippen LogP contribution in [0, 0.1) is 29.1 Å². The maximum atomic E-state index is 14.1. The number of likely N-dealkylation sites (tertiary alicyclic amines) is 1. The van der Waals surface area contributed by atoms with Crippen LogP contribution in [-0.4, -0.2) is 71.9 Å². The van der Waals surface area contributed by atoms with E-state index in [2.05, 4.69) is 29.2 Å².